The first-order chi connectivity index (χ1) is 11.8. The fourth-order valence-corrected chi connectivity index (χ4v) is 2.72. The van der Waals surface area contributed by atoms with Gasteiger partial charge in [-0.05, 0) is 25.0 Å². The number of rotatable bonds is 6. The largest absolute Gasteiger partial charge is 0.466 e. The van der Waals surface area contributed by atoms with Crippen molar-refractivity contribution in [3.8, 4) is 0 Å². The molecule has 0 fully saturated rings. The van der Waals surface area contributed by atoms with E-state index in [4.69, 9.17) is 9.84 Å². The van der Waals surface area contributed by atoms with Crippen LogP contribution >= 0.6 is 0 Å². The summed E-state index contributed by atoms with van der Waals surface area (Å²) in [6.07, 6.45) is 0. The van der Waals surface area contributed by atoms with Gasteiger partial charge in [0.15, 0.2) is 0 Å². The zero-order valence-corrected chi connectivity index (χ0v) is 14.2. The average molecular weight is 349 g/mol. The highest BCUT2D eigenvalue weighted by molar-refractivity contribution is 6.08. The Morgan fingerprint density at radius 1 is 1.40 bits per heavy atom. The van der Waals surface area contributed by atoms with E-state index in [-0.39, 0.29) is 36.7 Å². The second kappa shape index (κ2) is 7.31. The van der Waals surface area contributed by atoms with Gasteiger partial charge in [-0.2, -0.15) is 0 Å². The third-order valence-electron chi connectivity index (χ3n) is 3.93. The Morgan fingerprint density at radius 2 is 2.00 bits per heavy atom. The van der Waals surface area contributed by atoms with E-state index in [2.05, 4.69) is 5.32 Å². The molecule has 0 aromatic heterocycles. The summed E-state index contributed by atoms with van der Waals surface area (Å²) in [5.74, 6) is -1.08. The summed E-state index contributed by atoms with van der Waals surface area (Å²) in [6.45, 7) is 3.22. The van der Waals surface area contributed by atoms with Crippen LogP contribution < -0.4 is 5.32 Å². The van der Waals surface area contributed by atoms with Gasteiger partial charge in [0.2, 0.25) is 0 Å². The van der Waals surface area contributed by atoms with Crippen LogP contribution in [0.15, 0.2) is 23.4 Å². The molecule has 0 saturated heterocycles. The van der Waals surface area contributed by atoms with Crippen molar-refractivity contribution in [3.63, 3.8) is 0 Å². The Bertz CT molecular complexity index is 748. The molecule has 1 aromatic rings. The fourth-order valence-electron chi connectivity index (χ4n) is 2.72. The first-order valence-corrected chi connectivity index (χ1v) is 7.54. The topological polar surface area (TPSA) is 122 Å². The molecule has 0 unspecified atom stereocenters. The van der Waals surface area contributed by atoms with Crippen molar-refractivity contribution < 1.29 is 24.4 Å². The van der Waals surface area contributed by atoms with Gasteiger partial charge in [-0.3, -0.25) is 14.9 Å². The summed E-state index contributed by atoms with van der Waals surface area (Å²) >= 11 is 0. The number of nitro benzene ring substituents is 1. The molecule has 0 bridgehead atoms. The number of non-ortho nitro benzene ring substituents is 1. The predicted octanol–water partition coefficient (Wildman–Crippen LogP) is 0.885. The third kappa shape index (κ3) is 3.61. The Morgan fingerprint density at radius 3 is 2.48 bits per heavy atom. The number of methoxy groups -OCH3 is 1. The number of aliphatic hydroxyl groups is 1. The van der Waals surface area contributed by atoms with E-state index in [0.717, 1.165) is 0 Å². The van der Waals surface area contributed by atoms with E-state index in [1.54, 1.807) is 13.8 Å². The average Bonchev–Trinajstić information content (AvgIpc) is 2.86. The molecule has 0 spiro atoms. The van der Waals surface area contributed by atoms with Gasteiger partial charge in [0.25, 0.3) is 11.6 Å². The van der Waals surface area contributed by atoms with Crippen LogP contribution in [-0.2, 0) is 14.3 Å². The monoisotopic (exact) mass is 349 g/mol. The Balaban J connectivity index is 2.43. The molecular weight excluding hydrogens is 330 g/mol. The van der Waals surface area contributed by atoms with Gasteiger partial charge in [-0.15, -0.1) is 0 Å². The summed E-state index contributed by atoms with van der Waals surface area (Å²) in [5.41, 5.74) is 1.80. The van der Waals surface area contributed by atoms with Crippen molar-refractivity contribution in [3.05, 3.63) is 44.6 Å². The molecule has 2 N–H and O–H groups in total. The molecule has 1 aliphatic rings. The van der Waals surface area contributed by atoms with Crippen molar-refractivity contribution in [2.75, 3.05) is 32.1 Å². The highest BCUT2D eigenvalue weighted by Crippen LogP contribution is 2.30. The summed E-state index contributed by atoms with van der Waals surface area (Å²) in [7, 11) is 1.22. The van der Waals surface area contributed by atoms with Crippen molar-refractivity contribution in [1.29, 1.82) is 0 Å². The molecule has 0 aliphatic carbocycles. The van der Waals surface area contributed by atoms with Crippen molar-refractivity contribution in [2.24, 2.45) is 0 Å². The number of aryl methyl sites for hydroxylation is 2. The Hall–Kier alpha value is -2.94. The highest BCUT2D eigenvalue weighted by Gasteiger charge is 2.34. The number of amides is 1. The van der Waals surface area contributed by atoms with Crippen molar-refractivity contribution in [2.45, 2.75) is 13.8 Å². The number of β-amino-alcohol motifs (C(OH)–C–C–N with tert-alkyl or cyclic N) is 1. The summed E-state index contributed by atoms with van der Waals surface area (Å²) in [4.78, 5) is 36.2. The van der Waals surface area contributed by atoms with Crippen molar-refractivity contribution in [1.82, 2.24) is 4.90 Å². The number of esters is 1. The van der Waals surface area contributed by atoms with Crippen LogP contribution in [0.2, 0.25) is 0 Å². The van der Waals surface area contributed by atoms with E-state index in [9.17, 15) is 19.7 Å². The quantitative estimate of drug-likeness (QED) is 0.444. The van der Waals surface area contributed by atoms with E-state index in [1.807, 2.05) is 0 Å². The van der Waals surface area contributed by atoms with Gasteiger partial charge in [0.05, 0.1) is 30.8 Å². The standard InChI is InChI=1S/C16H19N3O6/c1-9-6-11(19(23)24)7-10(2)13(9)17-14-12(16(22)25-3)8-18(4-5-20)15(14)21/h6-7,17,20H,4-5,8H2,1-3H3. The molecule has 1 aromatic carbocycles. The van der Waals surface area contributed by atoms with E-state index < -0.39 is 16.8 Å². The molecule has 0 radical (unpaired) electrons. The molecule has 0 saturated carbocycles. The number of benzene rings is 1. The van der Waals surface area contributed by atoms with Gasteiger partial charge in [0.1, 0.15) is 5.70 Å². The molecule has 134 valence electrons. The number of nitrogens with one attached hydrogen (secondary N) is 1. The Kier molecular flexibility index (Phi) is 5.38. The number of nitro groups is 1. The second-order valence-electron chi connectivity index (χ2n) is 5.63. The smallest absolute Gasteiger partial charge is 0.337 e. The van der Waals surface area contributed by atoms with Crippen LogP contribution in [0.25, 0.3) is 0 Å². The highest BCUT2D eigenvalue weighted by atomic mass is 16.6. The lowest BCUT2D eigenvalue weighted by molar-refractivity contribution is -0.384. The Labute approximate surface area is 144 Å². The molecule has 9 heteroatoms. The van der Waals surface area contributed by atoms with Crippen LogP contribution in [0.4, 0.5) is 11.4 Å². The minimum Gasteiger partial charge on any atom is -0.466 e. The zero-order chi connectivity index (χ0) is 18.7. The fraction of sp³-hybridized carbons (Fsp3) is 0.375. The number of carbonyl (C=O) groups is 2. The molecule has 1 heterocycles. The van der Waals surface area contributed by atoms with Gasteiger partial charge >= 0.3 is 5.97 Å². The number of anilines is 1. The first-order valence-electron chi connectivity index (χ1n) is 7.54. The number of nitrogens with zero attached hydrogens (tertiary/aromatic N) is 2. The van der Waals surface area contributed by atoms with Gasteiger partial charge in [0, 0.05) is 24.4 Å². The molecule has 1 aliphatic heterocycles. The second-order valence-corrected chi connectivity index (χ2v) is 5.63. The number of hydrogen-bond donors (Lipinski definition) is 2. The van der Waals surface area contributed by atoms with E-state index >= 15 is 0 Å². The molecule has 9 nitrogen and oxygen atoms in total. The van der Waals surface area contributed by atoms with Crippen LogP contribution in [0.5, 0.6) is 0 Å². The molecule has 1 amide bonds. The normalized spacial score (nSPS) is 14.1. The maximum Gasteiger partial charge on any atom is 0.337 e. The minimum atomic E-state index is -0.645. The minimum absolute atomic E-state index is 0.0273. The van der Waals surface area contributed by atoms with Crippen LogP contribution in [0.3, 0.4) is 0 Å². The van der Waals surface area contributed by atoms with Crippen LogP contribution in [-0.4, -0.2) is 53.6 Å². The maximum atomic E-state index is 12.5. The summed E-state index contributed by atoms with van der Waals surface area (Å²) in [5, 5.41) is 22.9. The first kappa shape index (κ1) is 18.4. The maximum absolute atomic E-state index is 12.5. The molecule has 25 heavy (non-hydrogen) atoms. The summed E-state index contributed by atoms with van der Waals surface area (Å²) in [6, 6.07) is 2.78. The van der Waals surface area contributed by atoms with Crippen LogP contribution in [0.1, 0.15) is 11.1 Å². The number of carbonyl (C=O) groups excluding carboxylic acids is 2. The number of ether oxygens (including phenoxy) is 1. The lowest BCUT2D eigenvalue weighted by atomic mass is 10.1. The van der Waals surface area contributed by atoms with E-state index in [0.29, 0.717) is 16.8 Å². The third-order valence-corrected chi connectivity index (χ3v) is 3.93. The lowest BCUT2D eigenvalue weighted by Crippen LogP contribution is -2.31. The predicted molar refractivity (Wildman–Crippen MR) is 88.9 cm³/mol. The molecule has 2 rings (SSSR count). The van der Waals surface area contributed by atoms with Gasteiger partial charge in [-0.1, -0.05) is 0 Å². The van der Waals surface area contributed by atoms with Gasteiger partial charge in [-0.25, -0.2) is 4.79 Å². The SMILES string of the molecule is COC(=O)C1=C(Nc2c(C)cc([N+](=O)[O-])cc2C)C(=O)N(CCO)C1. The summed E-state index contributed by atoms with van der Waals surface area (Å²) < 4.78 is 4.72. The van der Waals surface area contributed by atoms with E-state index in [1.165, 1.54) is 24.1 Å². The van der Waals surface area contributed by atoms with Crippen LogP contribution in [0, 0.1) is 24.0 Å². The zero-order valence-electron chi connectivity index (χ0n) is 14.2. The molecular formula is C16H19N3O6. The number of aliphatic hydroxyl groups excluding tert-OH is 1. The molecule has 0 atom stereocenters. The number of hydrogen-bond acceptors (Lipinski definition) is 7. The lowest BCUT2D eigenvalue weighted by Gasteiger charge is -2.16. The van der Waals surface area contributed by atoms with Crippen molar-refractivity contribution >= 4 is 23.3 Å². The van der Waals surface area contributed by atoms with Gasteiger partial charge < -0.3 is 20.1 Å².